The highest BCUT2D eigenvalue weighted by Crippen LogP contribution is 2.33. The fourth-order valence-electron chi connectivity index (χ4n) is 3.27. The van der Waals surface area contributed by atoms with Crippen molar-refractivity contribution in [1.29, 1.82) is 10.5 Å². The third kappa shape index (κ3) is 2.81. The van der Waals surface area contributed by atoms with E-state index in [2.05, 4.69) is 22.1 Å². The molecule has 0 amide bonds. The Balaban J connectivity index is 1.81. The number of H-pyrrole nitrogens is 1. The minimum atomic E-state index is -0.176. The number of nitrogens with zero attached hydrogens (tertiary/aromatic N) is 3. The van der Waals surface area contributed by atoms with Gasteiger partial charge in [-0.15, -0.1) is 11.3 Å². The Morgan fingerprint density at radius 2 is 1.96 bits per heavy atom. The molecule has 1 N–H and O–H groups in total. The predicted molar refractivity (Wildman–Crippen MR) is 102 cm³/mol. The van der Waals surface area contributed by atoms with Crippen molar-refractivity contribution in [2.24, 2.45) is 0 Å². The molecule has 3 aromatic rings. The monoisotopic (exact) mass is 358 g/mol. The van der Waals surface area contributed by atoms with Gasteiger partial charge in [-0.3, -0.25) is 4.79 Å². The maximum Gasteiger partial charge on any atom is 0.260 e. The largest absolute Gasteiger partial charge is 0.305 e. The van der Waals surface area contributed by atoms with Crippen molar-refractivity contribution in [2.45, 2.75) is 25.7 Å². The first-order valence-corrected chi connectivity index (χ1v) is 9.18. The molecule has 0 saturated carbocycles. The molecular formula is C20H14N4OS. The van der Waals surface area contributed by atoms with Gasteiger partial charge in [-0.2, -0.15) is 10.5 Å². The number of aryl methyl sites for hydroxylation is 2. The van der Waals surface area contributed by atoms with E-state index in [0.717, 1.165) is 36.8 Å². The minimum Gasteiger partial charge on any atom is -0.305 e. The third-order valence-electron chi connectivity index (χ3n) is 4.55. The lowest BCUT2D eigenvalue weighted by molar-refractivity contribution is 0.700. The highest BCUT2D eigenvalue weighted by Gasteiger charge is 2.20. The van der Waals surface area contributed by atoms with Crippen LogP contribution in [0.1, 0.15) is 40.2 Å². The van der Waals surface area contributed by atoms with E-state index in [9.17, 15) is 10.1 Å². The molecule has 0 spiro atoms. The number of thiophene rings is 1. The van der Waals surface area contributed by atoms with Crippen molar-refractivity contribution in [2.75, 3.05) is 0 Å². The van der Waals surface area contributed by atoms with Gasteiger partial charge in [0.15, 0.2) is 5.82 Å². The van der Waals surface area contributed by atoms with Crippen molar-refractivity contribution in [3.8, 4) is 12.1 Å². The third-order valence-corrected chi connectivity index (χ3v) is 5.74. The van der Waals surface area contributed by atoms with Crippen LogP contribution < -0.4 is 5.56 Å². The van der Waals surface area contributed by atoms with E-state index in [-0.39, 0.29) is 11.4 Å². The van der Waals surface area contributed by atoms with E-state index in [1.807, 2.05) is 0 Å². The molecule has 1 aliphatic rings. The maximum absolute atomic E-state index is 12.6. The molecule has 0 aliphatic heterocycles. The number of benzene rings is 1. The number of hydrogen-bond acceptors (Lipinski definition) is 5. The molecule has 2 aromatic heterocycles. The lowest BCUT2D eigenvalue weighted by Crippen LogP contribution is -2.12. The van der Waals surface area contributed by atoms with E-state index in [1.165, 1.54) is 4.88 Å². The van der Waals surface area contributed by atoms with Crippen LogP contribution in [0.4, 0.5) is 0 Å². The standard InChI is InChI=1S/C20H14N4OS/c21-10-13-7-5-12(6-8-13)9-14(11-22)18-23-19(25)17-15-3-1-2-4-16(15)26-20(17)24-18/h5-9H,1-4H2,(H,23,24,25)/b14-9+. The van der Waals surface area contributed by atoms with Gasteiger partial charge in [0, 0.05) is 4.88 Å². The van der Waals surface area contributed by atoms with Crippen LogP contribution >= 0.6 is 11.3 Å². The van der Waals surface area contributed by atoms with Crippen molar-refractivity contribution in [3.05, 3.63) is 62.0 Å². The van der Waals surface area contributed by atoms with Gasteiger partial charge in [0.25, 0.3) is 5.56 Å². The Morgan fingerprint density at radius 1 is 1.19 bits per heavy atom. The Bertz CT molecular complexity index is 1170. The summed E-state index contributed by atoms with van der Waals surface area (Å²) < 4.78 is 0. The second-order valence-electron chi connectivity index (χ2n) is 6.21. The molecule has 1 aromatic carbocycles. The lowest BCUT2D eigenvalue weighted by Gasteiger charge is -2.09. The van der Waals surface area contributed by atoms with E-state index >= 15 is 0 Å². The van der Waals surface area contributed by atoms with Gasteiger partial charge in [-0.05, 0) is 55.0 Å². The normalized spacial score (nSPS) is 13.8. The van der Waals surface area contributed by atoms with Gasteiger partial charge in [-0.25, -0.2) is 4.98 Å². The Kier molecular flexibility index (Phi) is 4.12. The first-order valence-electron chi connectivity index (χ1n) is 8.36. The fourth-order valence-corrected chi connectivity index (χ4v) is 4.53. The molecular weight excluding hydrogens is 344 g/mol. The molecule has 0 radical (unpaired) electrons. The van der Waals surface area contributed by atoms with Gasteiger partial charge in [-0.1, -0.05) is 12.1 Å². The molecule has 5 nitrogen and oxygen atoms in total. The molecule has 4 rings (SSSR count). The predicted octanol–water partition coefficient (Wildman–Crippen LogP) is 3.80. The molecule has 0 atom stereocenters. The topological polar surface area (TPSA) is 93.3 Å². The first kappa shape index (κ1) is 16.3. The van der Waals surface area contributed by atoms with Gasteiger partial charge in [0.1, 0.15) is 10.9 Å². The van der Waals surface area contributed by atoms with Crippen LogP contribution in [0.5, 0.6) is 0 Å². The molecule has 0 bridgehead atoms. The number of hydrogen-bond donors (Lipinski definition) is 1. The zero-order valence-electron chi connectivity index (χ0n) is 13.9. The van der Waals surface area contributed by atoms with Crippen LogP contribution in [-0.4, -0.2) is 9.97 Å². The number of aromatic nitrogens is 2. The van der Waals surface area contributed by atoms with Crippen LogP contribution in [0.2, 0.25) is 0 Å². The Morgan fingerprint density at radius 3 is 2.69 bits per heavy atom. The maximum atomic E-state index is 12.6. The summed E-state index contributed by atoms with van der Waals surface area (Å²) in [7, 11) is 0. The quantitative estimate of drug-likeness (QED) is 0.705. The number of nitriles is 2. The van der Waals surface area contributed by atoms with Gasteiger partial charge in [0.05, 0.1) is 22.6 Å². The van der Waals surface area contributed by atoms with E-state index in [0.29, 0.717) is 21.4 Å². The van der Waals surface area contributed by atoms with E-state index in [4.69, 9.17) is 5.26 Å². The van der Waals surface area contributed by atoms with Crippen molar-refractivity contribution in [1.82, 2.24) is 9.97 Å². The molecule has 126 valence electrons. The van der Waals surface area contributed by atoms with Crippen molar-refractivity contribution < 1.29 is 0 Å². The highest BCUT2D eigenvalue weighted by atomic mass is 32.1. The minimum absolute atomic E-state index is 0.176. The number of allylic oxidation sites excluding steroid dienone is 1. The fraction of sp³-hybridized carbons (Fsp3) is 0.200. The summed E-state index contributed by atoms with van der Waals surface area (Å²) in [5.74, 6) is 0.285. The lowest BCUT2D eigenvalue weighted by atomic mass is 9.97. The van der Waals surface area contributed by atoms with Crippen LogP contribution in [0.25, 0.3) is 21.9 Å². The Labute approximate surface area is 153 Å². The summed E-state index contributed by atoms with van der Waals surface area (Å²) in [6.07, 6.45) is 5.83. The summed E-state index contributed by atoms with van der Waals surface area (Å²) in [6, 6.07) is 11.1. The van der Waals surface area contributed by atoms with E-state index in [1.54, 1.807) is 41.7 Å². The number of fused-ring (bicyclic) bond motifs is 3. The SMILES string of the molecule is N#C/C(=C\c1ccc(C#N)cc1)c1nc2sc3c(c2c(=O)[nH]1)CCCC3. The molecule has 1 aliphatic carbocycles. The van der Waals surface area contributed by atoms with E-state index < -0.39 is 0 Å². The first-order chi connectivity index (χ1) is 12.7. The average Bonchev–Trinajstić information content (AvgIpc) is 3.05. The average molecular weight is 358 g/mol. The summed E-state index contributed by atoms with van der Waals surface area (Å²) in [5.41, 5.74) is 2.57. The van der Waals surface area contributed by atoms with Gasteiger partial charge < -0.3 is 4.98 Å². The van der Waals surface area contributed by atoms with Crippen molar-refractivity contribution in [3.63, 3.8) is 0 Å². The zero-order chi connectivity index (χ0) is 18.1. The molecule has 0 unspecified atom stereocenters. The van der Waals surface area contributed by atoms with Crippen LogP contribution in [-0.2, 0) is 12.8 Å². The van der Waals surface area contributed by atoms with Crippen molar-refractivity contribution >= 4 is 33.2 Å². The van der Waals surface area contributed by atoms with Gasteiger partial charge >= 0.3 is 0 Å². The van der Waals surface area contributed by atoms with Crippen LogP contribution in [0.15, 0.2) is 29.1 Å². The molecule has 6 heteroatoms. The smallest absolute Gasteiger partial charge is 0.260 e. The molecule has 2 heterocycles. The second-order valence-corrected chi connectivity index (χ2v) is 7.29. The summed E-state index contributed by atoms with van der Waals surface area (Å²) in [6.45, 7) is 0. The number of nitrogens with one attached hydrogen (secondary N) is 1. The highest BCUT2D eigenvalue weighted by molar-refractivity contribution is 7.18. The number of rotatable bonds is 2. The summed E-state index contributed by atoms with van der Waals surface area (Å²) in [4.78, 5) is 21.9. The Hall–Kier alpha value is -3.22. The van der Waals surface area contributed by atoms with Gasteiger partial charge in [0.2, 0.25) is 0 Å². The van der Waals surface area contributed by atoms with Crippen LogP contribution in [0.3, 0.4) is 0 Å². The van der Waals surface area contributed by atoms with Crippen LogP contribution in [0, 0.1) is 22.7 Å². The molecule has 26 heavy (non-hydrogen) atoms. The summed E-state index contributed by atoms with van der Waals surface area (Å²) >= 11 is 1.56. The molecule has 0 saturated heterocycles. The molecule has 0 fully saturated rings. The number of aromatic amines is 1. The zero-order valence-corrected chi connectivity index (χ0v) is 14.7. The summed E-state index contributed by atoms with van der Waals surface area (Å²) in [5, 5.41) is 19.1. The second kappa shape index (κ2) is 6.59.